The van der Waals surface area contributed by atoms with Crippen LogP contribution in [0.15, 0.2) is 12.1 Å². The summed E-state index contributed by atoms with van der Waals surface area (Å²) < 4.78 is 6.37. The Bertz CT molecular complexity index is 521. The molecule has 0 aromatic heterocycles. The third-order valence-corrected chi connectivity index (χ3v) is 7.44. The van der Waals surface area contributed by atoms with Crippen molar-refractivity contribution in [2.45, 2.75) is 175 Å². The summed E-state index contributed by atoms with van der Waals surface area (Å²) in [5.41, 5.74) is 2.82. The van der Waals surface area contributed by atoms with Crippen LogP contribution in [0.3, 0.4) is 0 Å². The zero-order valence-corrected chi connectivity index (χ0v) is 24.2. The van der Waals surface area contributed by atoms with E-state index in [1.807, 2.05) is 0 Å². The SMILES string of the molecule is CCCCCCCCCCCCc1c[c]cc(CCCCCCCCCCCC)c1OCCCC. The predicted octanol–water partition coefficient (Wildman–Crippen LogP) is 11.6. The van der Waals surface area contributed by atoms with E-state index in [2.05, 4.69) is 39.0 Å². The van der Waals surface area contributed by atoms with Crippen LogP contribution in [0.4, 0.5) is 0 Å². The molecule has 1 rings (SSSR count). The second-order valence-electron chi connectivity index (χ2n) is 10.9. The van der Waals surface area contributed by atoms with Crippen molar-refractivity contribution in [3.05, 3.63) is 29.3 Å². The molecule has 0 unspecified atom stereocenters. The first-order chi connectivity index (χ1) is 17.3. The Kier molecular flexibility index (Phi) is 22.6. The van der Waals surface area contributed by atoms with E-state index in [9.17, 15) is 0 Å². The highest BCUT2D eigenvalue weighted by molar-refractivity contribution is 5.41. The first-order valence-electron chi connectivity index (χ1n) is 16.0. The first-order valence-corrected chi connectivity index (χ1v) is 16.0. The Morgan fingerprint density at radius 3 is 1.17 bits per heavy atom. The van der Waals surface area contributed by atoms with Gasteiger partial charge in [-0.2, -0.15) is 0 Å². The summed E-state index contributed by atoms with van der Waals surface area (Å²) >= 11 is 0. The molecule has 203 valence electrons. The van der Waals surface area contributed by atoms with E-state index in [0.717, 1.165) is 25.9 Å². The van der Waals surface area contributed by atoms with Crippen molar-refractivity contribution < 1.29 is 4.74 Å². The Morgan fingerprint density at radius 2 is 0.800 bits per heavy atom. The van der Waals surface area contributed by atoms with Gasteiger partial charge in [-0.15, -0.1) is 0 Å². The molecule has 0 fully saturated rings. The molecule has 1 aromatic rings. The van der Waals surface area contributed by atoms with Gasteiger partial charge in [-0.05, 0) is 61.4 Å². The van der Waals surface area contributed by atoms with Crippen molar-refractivity contribution in [3.63, 3.8) is 0 Å². The van der Waals surface area contributed by atoms with Crippen molar-refractivity contribution in [2.75, 3.05) is 6.61 Å². The molecule has 0 aliphatic heterocycles. The number of hydrogen-bond acceptors (Lipinski definition) is 1. The van der Waals surface area contributed by atoms with Gasteiger partial charge in [-0.3, -0.25) is 0 Å². The second-order valence-corrected chi connectivity index (χ2v) is 10.9. The quantitative estimate of drug-likeness (QED) is 0.119. The van der Waals surface area contributed by atoms with Gasteiger partial charge in [0.05, 0.1) is 6.61 Å². The number of aryl methyl sites for hydroxylation is 2. The number of unbranched alkanes of at least 4 members (excludes halogenated alkanes) is 19. The number of rotatable bonds is 26. The number of hydrogen-bond donors (Lipinski definition) is 0. The average Bonchev–Trinajstić information content (AvgIpc) is 2.87. The fourth-order valence-electron chi connectivity index (χ4n) is 5.06. The van der Waals surface area contributed by atoms with Gasteiger partial charge in [0.1, 0.15) is 5.75 Å². The minimum atomic E-state index is 0.858. The summed E-state index contributed by atoms with van der Waals surface area (Å²) in [5.74, 6) is 1.21. The molecule has 35 heavy (non-hydrogen) atoms. The van der Waals surface area contributed by atoms with E-state index >= 15 is 0 Å². The Balaban J connectivity index is 2.32. The highest BCUT2D eigenvalue weighted by atomic mass is 16.5. The normalized spacial score (nSPS) is 11.3. The standard InChI is InChI=1S/C34H61O/c1-4-7-10-12-14-16-18-20-22-24-27-32-29-26-30-33(34(32)35-31-9-6-3)28-25-23-21-19-17-15-13-11-8-5-2/h29-30H,4-25,27-28,31H2,1-3H3. The lowest BCUT2D eigenvalue weighted by atomic mass is 9.98. The van der Waals surface area contributed by atoms with Crippen molar-refractivity contribution in [1.82, 2.24) is 0 Å². The van der Waals surface area contributed by atoms with E-state index in [1.54, 1.807) is 0 Å². The topological polar surface area (TPSA) is 9.23 Å². The van der Waals surface area contributed by atoms with Crippen molar-refractivity contribution in [3.8, 4) is 5.75 Å². The van der Waals surface area contributed by atoms with Crippen LogP contribution in [0.2, 0.25) is 0 Å². The molecular formula is C34H61O. The molecule has 0 aliphatic rings. The summed E-state index contributed by atoms with van der Waals surface area (Å²) in [6.45, 7) is 7.70. The molecule has 1 radical (unpaired) electrons. The van der Waals surface area contributed by atoms with E-state index in [4.69, 9.17) is 4.74 Å². The maximum absolute atomic E-state index is 6.37. The summed E-state index contributed by atoms with van der Waals surface area (Å²) in [5, 5.41) is 0. The molecule has 0 N–H and O–H groups in total. The summed E-state index contributed by atoms with van der Waals surface area (Å²) in [6, 6.07) is 7.86. The zero-order valence-electron chi connectivity index (χ0n) is 24.2. The van der Waals surface area contributed by atoms with Crippen molar-refractivity contribution in [1.29, 1.82) is 0 Å². The van der Waals surface area contributed by atoms with E-state index < -0.39 is 0 Å². The molecule has 0 bridgehead atoms. The van der Waals surface area contributed by atoms with Crippen molar-refractivity contribution in [2.24, 2.45) is 0 Å². The largest absolute Gasteiger partial charge is 0.493 e. The fraction of sp³-hybridized carbons (Fsp3) is 0.824. The lowest BCUT2D eigenvalue weighted by molar-refractivity contribution is 0.302. The first kappa shape index (κ1) is 32.0. The summed E-state index contributed by atoms with van der Waals surface area (Å²) in [6.07, 6.45) is 32.5. The summed E-state index contributed by atoms with van der Waals surface area (Å²) in [7, 11) is 0. The Morgan fingerprint density at radius 1 is 0.457 bits per heavy atom. The second kappa shape index (κ2) is 24.7. The van der Waals surface area contributed by atoms with Crippen LogP contribution in [-0.2, 0) is 12.8 Å². The zero-order chi connectivity index (χ0) is 25.2. The minimum Gasteiger partial charge on any atom is -0.493 e. The van der Waals surface area contributed by atoms with Gasteiger partial charge in [0.2, 0.25) is 0 Å². The van der Waals surface area contributed by atoms with Crippen LogP contribution in [0.25, 0.3) is 0 Å². The van der Waals surface area contributed by atoms with Gasteiger partial charge in [0, 0.05) is 0 Å². The molecule has 1 heteroatoms. The molecule has 1 nitrogen and oxygen atoms in total. The Hall–Kier alpha value is -0.980. The molecule has 0 atom stereocenters. The third-order valence-electron chi connectivity index (χ3n) is 7.44. The highest BCUT2D eigenvalue weighted by Crippen LogP contribution is 2.28. The highest BCUT2D eigenvalue weighted by Gasteiger charge is 2.10. The predicted molar refractivity (Wildman–Crippen MR) is 157 cm³/mol. The van der Waals surface area contributed by atoms with E-state index in [1.165, 1.54) is 152 Å². The summed E-state index contributed by atoms with van der Waals surface area (Å²) in [4.78, 5) is 0. The molecule has 0 saturated heterocycles. The molecule has 0 amide bonds. The van der Waals surface area contributed by atoms with Gasteiger partial charge in [-0.25, -0.2) is 0 Å². The van der Waals surface area contributed by atoms with Crippen LogP contribution in [0.1, 0.15) is 173 Å². The van der Waals surface area contributed by atoms with E-state index in [0.29, 0.717) is 0 Å². The smallest absolute Gasteiger partial charge is 0.125 e. The van der Waals surface area contributed by atoms with Crippen LogP contribution < -0.4 is 4.74 Å². The maximum Gasteiger partial charge on any atom is 0.125 e. The number of ether oxygens (including phenoxy) is 1. The molecule has 0 heterocycles. The molecular weight excluding hydrogens is 424 g/mol. The van der Waals surface area contributed by atoms with Crippen LogP contribution in [0, 0.1) is 6.07 Å². The van der Waals surface area contributed by atoms with Gasteiger partial charge in [0.15, 0.2) is 0 Å². The van der Waals surface area contributed by atoms with Crippen LogP contribution in [-0.4, -0.2) is 6.61 Å². The lowest BCUT2D eigenvalue weighted by Gasteiger charge is -2.16. The van der Waals surface area contributed by atoms with Crippen LogP contribution in [0.5, 0.6) is 5.75 Å². The van der Waals surface area contributed by atoms with Gasteiger partial charge < -0.3 is 4.74 Å². The molecule has 0 saturated carbocycles. The van der Waals surface area contributed by atoms with E-state index in [-0.39, 0.29) is 0 Å². The third kappa shape index (κ3) is 18.0. The van der Waals surface area contributed by atoms with Crippen molar-refractivity contribution >= 4 is 0 Å². The lowest BCUT2D eigenvalue weighted by Crippen LogP contribution is -2.04. The minimum absolute atomic E-state index is 0.858. The number of benzene rings is 1. The molecule has 1 aromatic carbocycles. The molecule has 0 spiro atoms. The monoisotopic (exact) mass is 485 g/mol. The fourth-order valence-corrected chi connectivity index (χ4v) is 5.06. The van der Waals surface area contributed by atoms with Gasteiger partial charge >= 0.3 is 0 Å². The van der Waals surface area contributed by atoms with Gasteiger partial charge in [-0.1, -0.05) is 143 Å². The van der Waals surface area contributed by atoms with Gasteiger partial charge in [0.25, 0.3) is 0 Å². The maximum atomic E-state index is 6.37. The van der Waals surface area contributed by atoms with Crippen LogP contribution >= 0.6 is 0 Å². The Labute approximate surface area is 221 Å². The molecule has 0 aliphatic carbocycles. The average molecular weight is 486 g/mol.